The van der Waals surface area contributed by atoms with Gasteiger partial charge >= 0.3 is 19.8 Å². The minimum atomic E-state index is -4.63. The summed E-state index contributed by atoms with van der Waals surface area (Å²) in [6.45, 7) is 2.23. The Morgan fingerprint density at radius 1 is 0.477 bits per heavy atom. The highest BCUT2D eigenvalue weighted by atomic mass is 31.2. The summed E-state index contributed by atoms with van der Waals surface area (Å²) in [6.07, 6.45) is 59.7. The second-order valence-corrected chi connectivity index (χ2v) is 18.3. The summed E-state index contributed by atoms with van der Waals surface area (Å²) in [5.41, 5.74) is 0. The Morgan fingerprint density at radius 3 is 1.28 bits per heavy atom. The van der Waals surface area contributed by atoms with E-state index in [9.17, 15) is 24.2 Å². The van der Waals surface area contributed by atoms with Crippen molar-refractivity contribution < 1.29 is 47.8 Å². The van der Waals surface area contributed by atoms with Gasteiger partial charge < -0.3 is 24.6 Å². The number of aliphatic hydroxyl groups excluding tert-OH is 2. The van der Waals surface area contributed by atoms with E-state index in [2.05, 4.69) is 98.9 Å². The predicted molar refractivity (Wildman–Crippen MR) is 269 cm³/mol. The lowest BCUT2D eigenvalue weighted by atomic mass is 10.0. The molecule has 0 radical (unpaired) electrons. The van der Waals surface area contributed by atoms with Crippen LogP contribution in [0.25, 0.3) is 0 Å². The first kappa shape index (κ1) is 62.1. The summed E-state index contributed by atoms with van der Waals surface area (Å²) in [5.74, 6) is -0.947. The Bertz CT molecular complexity index is 1350. The second-order valence-electron chi connectivity index (χ2n) is 16.8. The number of phosphoric ester groups is 1. The van der Waals surface area contributed by atoms with E-state index in [1.54, 1.807) is 0 Å². The van der Waals surface area contributed by atoms with Crippen LogP contribution in [0.15, 0.2) is 85.1 Å². The van der Waals surface area contributed by atoms with Gasteiger partial charge in [0.15, 0.2) is 6.10 Å². The molecule has 3 unspecified atom stereocenters. The van der Waals surface area contributed by atoms with Gasteiger partial charge in [-0.25, -0.2) is 4.57 Å². The molecule has 0 fully saturated rings. The average molecular weight is 933 g/mol. The topological polar surface area (TPSA) is 149 Å². The average Bonchev–Trinajstić information content (AvgIpc) is 3.30. The first-order valence-electron chi connectivity index (χ1n) is 25.5. The summed E-state index contributed by atoms with van der Waals surface area (Å²) >= 11 is 0. The van der Waals surface area contributed by atoms with Crippen molar-refractivity contribution in [3.8, 4) is 0 Å². The Morgan fingerprint density at radius 2 is 0.846 bits per heavy atom. The highest BCUT2D eigenvalue weighted by molar-refractivity contribution is 7.47. The molecule has 10 nitrogen and oxygen atoms in total. The van der Waals surface area contributed by atoms with Crippen molar-refractivity contribution in [1.29, 1.82) is 0 Å². The summed E-state index contributed by atoms with van der Waals surface area (Å²) < 4.78 is 32.9. The number of carbonyl (C=O) groups excluding carboxylic acids is 2. The first-order valence-corrected chi connectivity index (χ1v) is 27.0. The quantitative estimate of drug-likeness (QED) is 0.0233. The lowest BCUT2D eigenvalue weighted by molar-refractivity contribution is -0.161. The highest BCUT2D eigenvalue weighted by Crippen LogP contribution is 2.43. The SMILES string of the molecule is CC/C=C\C/C=C\C/C=C\C/C=C\CCCCCCCCCCCCC(=O)OC(COC(=O)CCCCCCCC/C=C\C/C=C\C/C=C\CCCCC)COP(=O)(O)OCC(O)CO. The summed E-state index contributed by atoms with van der Waals surface area (Å²) in [6, 6.07) is 0. The third-order valence-electron chi connectivity index (χ3n) is 10.5. The minimum absolute atomic E-state index is 0.171. The zero-order chi connectivity index (χ0) is 47.6. The molecule has 0 saturated heterocycles. The van der Waals surface area contributed by atoms with Crippen LogP contribution >= 0.6 is 7.82 Å². The maximum absolute atomic E-state index is 12.7. The molecule has 0 aromatic carbocycles. The number of allylic oxidation sites excluding steroid dienone is 14. The van der Waals surface area contributed by atoms with Crippen molar-refractivity contribution in [3.05, 3.63) is 85.1 Å². The molecule has 0 saturated carbocycles. The standard InChI is InChI=1S/C54H93O10P/c1-3-5-7-9-11-13-15-17-19-21-23-24-25-26-28-30-32-34-36-38-40-42-44-46-54(58)64-52(50-63-65(59,60)62-48-51(56)47-55)49-61-53(57)45-43-41-39-37-35-33-31-29-27-22-20-18-16-14-12-10-8-6-4-2/h5,7,11-14,17-20,23-24,27,29,51-52,55-56H,3-4,6,8-10,15-16,21-22,25-26,28,30-50H2,1-2H3,(H,59,60)/b7-5-,13-11-,14-12-,19-17-,20-18-,24-23-,29-27-. The molecule has 0 spiro atoms. The summed E-state index contributed by atoms with van der Waals surface area (Å²) in [4.78, 5) is 35.2. The number of rotatable bonds is 47. The molecule has 0 rings (SSSR count). The largest absolute Gasteiger partial charge is 0.472 e. The van der Waals surface area contributed by atoms with Crippen LogP contribution in [0.3, 0.4) is 0 Å². The molecule has 0 aliphatic rings. The van der Waals surface area contributed by atoms with Gasteiger partial charge in [-0.3, -0.25) is 18.6 Å². The van der Waals surface area contributed by atoms with E-state index in [0.717, 1.165) is 103 Å². The molecular formula is C54H93O10P. The van der Waals surface area contributed by atoms with E-state index >= 15 is 0 Å². The minimum Gasteiger partial charge on any atom is -0.462 e. The molecule has 11 heteroatoms. The fourth-order valence-corrected chi connectivity index (χ4v) is 7.43. The van der Waals surface area contributed by atoms with Crippen molar-refractivity contribution in [2.24, 2.45) is 0 Å². The molecule has 0 aromatic heterocycles. The van der Waals surface area contributed by atoms with Crippen LogP contribution in [0.2, 0.25) is 0 Å². The number of carbonyl (C=O) groups is 2. The monoisotopic (exact) mass is 933 g/mol. The Hall–Kier alpha value is -2.85. The number of phosphoric acid groups is 1. The van der Waals surface area contributed by atoms with Crippen molar-refractivity contribution in [1.82, 2.24) is 0 Å². The molecular weight excluding hydrogens is 840 g/mol. The molecule has 65 heavy (non-hydrogen) atoms. The van der Waals surface area contributed by atoms with Gasteiger partial charge in [-0.15, -0.1) is 0 Å². The van der Waals surface area contributed by atoms with E-state index in [-0.39, 0.29) is 19.4 Å². The molecule has 0 bridgehead atoms. The van der Waals surface area contributed by atoms with Crippen LogP contribution < -0.4 is 0 Å². The number of hydrogen-bond donors (Lipinski definition) is 3. The molecule has 3 N–H and O–H groups in total. The van der Waals surface area contributed by atoms with E-state index in [1.165, 1.54) is 64.2 Å². The van der Waals surface area contributed by atoms with Gasteiger partial charge in [-0.1, -0.05) is 189 Å². The lowest BCUT2D eigenvalue weighted by Gasteiger charge is -2.20. The third kappa shape index (κ3) is 48.9. The maximum Gasteiger partial charge on any atom is 0.472 e. The molecule has 0 heterocycles. The van der Waals surface area contributed by atoms with Gasteiger partial charge in [-0.2, -0.15) is 0 Å². The number of hydrogen-bond acceptors (Lipinski definition) is 9. The van der Waals surface area contributed by atoms with E-state index < -0.39 is 51.8 Å². The molecule has 0 amide bonds. The number of esters is 2. The molecule has 0 aliphatic carbocycles. The smallest absolute Gasteiger partial charge is 0.462 e. The molecule has 0 aromatic rings. The Labute approximate surface area is 396 Å². The van der Waals surface area contributed by atoms with E-state index in [1.807, 2.05) is 0 Å². The third-order valence-corrected chi connectivity index (χ3v) is 11.5. The Balaban J connectivity index is 4.23. The van der Waals surface area contributed by atoms with Crippen molar-refractivity contribution in [3.63, 3.8) is 0 Å². The van der Waals surface area contributed by atoms with E-state index in [4.69, 9.17) is 23.6 Å². The van der Waals surface area contributed by atoms with Crippen molar-refractivity contribution in [2.75, 3.05) is 26.4 Å². The molecule has 374 valence electrons. The second kappa shape index (κ2) is 49.1. The zero-order valence-corrected chi connectivity index (χ0v) is 41.8. The van der Waals surface area contributed by atoms with Crippen LogP contribution in [-0.2, 0) is 32.7 Å². The van der Waals surface area contributed by atoms with Gasteiger partial charge in [0.1, 0.15) is 12.7 Å². The number of ether oxygens (including phenoxy) is 2. The fourth-order valence-electron chi connectivity index (χ4n) is 6.64. The predicted octanol–water partition coefficient (Wildman–Crippen LogP) is 14.6. The van der Waals surface area contributed by atoms with Crippen molar-refractivity contribution in [2.45, 2.75) is 219 Å². The van der Waals surface area contributed by atoms with Crippen LogP contribution in [0, 0.1) is 0 Å². The molecule has 0 aliphatic heterocycles. The van der Waals surface area contributed by atoms with E-state index in [0.29, 0.717) is 12.8 Å². The summed E-state index contributed by atoms with van der Waals surface area (Å²) in [7, 11) is -4.63. The van der Waals surface area contributed by atoms with Gasteiger partial charge in [-0.05, 0) is 89.9 Å². The van der Waals surface area contributed by atoms with Gasteiger partial charge in [0.2, 0.25) is 0 Å². The summed E-state index contributed by atoms with van der Waals surface area (Å²) in [5, 5.41) is 18.4. The van der Waals surface area contributed by atoms with Crippen molar-refractivity contribution >= 4 is 19.8 Å². The normalized spacial score (nSPS) is 14.4. The van der Waals surface area contributed by atoms with Crippen LogP contribution in [0.1, 0.15) is 206 Å². The van der Waals surface area contributed by atoms with Gasteiger partial charge in [0.05, 0.1) is 19.8 Å². The maximum atomic E-state index is 12.7. The van der Waals surface area contributed by atoms with Gasteiger partial charge in [0.25, 0.3) is 0 Å². The lowest BCUT2D eigenvalue weighted by Crippen LogP contribution is -2.29. The zero-order valence-electron chi connectivity index (χ0n) is 40.9. The first-order chi connectivity index (χ1) is 31.7. The van der Waals surface area contributed by atoms with Crippen LogP contribution in [0.4, 0.5) is 0 Å². The van der Waals surface area contributed by atoms with Crippen LogP contribution in [0.5, 0.6) is 0 Å². The number of unbranched alkanes of at least 4 members (excludes halogenated alkanes) is 19. The fraction of sp³-hybridized carbons (Fsp3) is 0.704. The number of aliphatic hydroxyl groups is 2. The molecule has 3 atom stereocenters. The highest BCUT2D eigenvalue weighted by Gasteiger charge is 2.27. The van der Waals surface area contributed by atoms with Crippen LogP contribution in [-0.4, -0.2) is 65.7 Å². The Kier molecular flexibility index (Phi) is 46.9. The van der Waals surface area contributed by atoms with Gasteiger partial charge in [0, 0.05) is 12.8 Å².